The Morgan fingerprint density at radius 3 is 2.87 bits per heavy atom. The number of aryl methyl sites for hydroxylation is 1. The molecule has 1 saturated heterocycles. The second kappa shape index (κ2) is 7.19. The maximum Gasteiger partial charge on any atom is 0.325 e. The third kappa shape index (κ3) is 3.03. The van der Waals surface area contributed by atoms with Crippen molar-refractivity contribution in [2.75, 3.05) is 16.8 Å². The van der Waals surface area contributed by atoms with E-state index in [4.69, 9.17) is 0 Å². The standard InChI is InChI=1S/C22H22N4O4S/c1-13-11-18(27)23-15-5-2-3-6-16(15)26(13)19(28)12-25-20(29)22(24-21(25)30)9-4-7-17-14(22)8-10-31-17/h2-3,5-6,8,10,13H,4,7,9,11-12H2,1H3,(H,23,27)(H,24,30). The lowest BCUT2D eigenvalue weighted by atomic mass is 9.80. The molecule has 5 amide bonds. The van der Waals surface area contributed by atoms with Crippen LogP contribution in [0.25, 0.3) is 0 Å². The third-order valence-electron chi connectivity index (χ3n) is 6.26. The highest BCUT2D eigenvalue weighted by molar-refractivity contribution is 7.10. The average Bonchev–Trinajstić information content (AvgIpc) is 3.26. The lowest BCUT2D eigenvalue weighted by Crippen LogP contribution is -2.48. The lowest BCUT2D eigenvalue weighted by molar-refractivity contribution is -0.135. The molecule has 2 unspecified atom stereocenters. The molecule has 0 saturated carbocycles. The minimum Gasteiger partial charge on any atom is -0.324 e. The predicted molar refractivity (Wildman–Crippen MR) is 116 cm³/mol. The molecular formula is C22H22N4O4S. The van der Waals surface area contributed by atoms with Gasteiger partial charge in [-0.2, -0.15) is 0 Å². The van der Waals surface area contributed by atoms with Crippen molar-refractivity contribution in [2.24, 2.45) is 0 Å². The van der Waals surface area contributed by atoms with E-state index in [2.05, 4.69) is 10.6 Å². The molecule has 3 aliphatic rings. The van der Waals surface area contributed by atoms with Gasteiger partial charge in [-0.15, -0.1) is 11.3 Å². The molecule has 8 nitrogen and oxygen atoms in total. The molecule has 31 heavy (non-hydrogen) atoms. The highest BCUT2D eigenvalue weighted by Crippen LogP contribution is 2.42. The molecule has 1 aliphatic carbocycles. The molecule has 1 aromatic carbocycles. The molecule has 1 fully saturated rings. The van der Waals surface area contributed by atoms with Crippen molar-refractivity contribution in [1.82, 2.24) is 10.2 Å². The van der Waals surface area contributed by atoms with Crippen LogP contribution in [0.15, 0.2) is 35.7 Å². The monoisotopic (exact) mass is 438 g/mol. The number of thiophene rings is 1. The number of amides is 5. The number of nitrogens with one attached hydrogen (secondary N) is 2. The van der Waals surface area contributed by atoms with E-state index in [1.807, 2.05) is 11.4 Å². The van der Waals surface area contributed by atoms with E-state index in [-0.39, 0.29) is 24.8 Å². The first-order valence-electron chi connectivity index (χ1n) is 10.3. The third-order valence-corrected chi connectivity index (χ3v) is 7.24. The van der Waals surface area contributed by atoms with Crippen molar-refractivity contribution >= 4 is 46.5 Å². The smallest absolute Gasteiger partial charge is 0.324 e. The molecule has 0 radical (unpaired) electrons. The van der Waals surface area contributed by atoms with Gasteiger partial charge in [0, 0.05) is 22.9 Å². The fraction of sp³-hybridized carbons (Fsp3) is 0.364. The summed E-state index contributed by atoms with van der Waals surface area (Å²) in [5.74, 6) is -0.968. The number of carbonyl (C=O) groups is 4. The first-order chi connectivity index (χ1) is 14.9. The van der Waals surface area contributed by atoms with E-state index >= 15 is 0 Å². The Balaban J connectivity index is 1.44. The Kier molecular flexibility index (Phi) is 4.58. The summed E-state index contributed by atoms with van der Waals surface area (Å²) in [6.07, 6.45) is 2.34. The first-order valence-corrected chi connectivity index (χ1v) is 11.2. The van der Waals surface area contributed by atoms with Crippen molar-refractivity contribution in [1.29, 1.82) is 0 Å². The van der Waals surface area contributed by atoms with Crippen LogP contribution in [0.3, 0.4) is 0 Å². The number of benzene rings is 1. The normalized spacial score (nSPS) is 25.1. The fourth-order valence-electron chi connectivity index (χ4n) is 4.86. The molecule has 2 aromatic rings. The van der Waals surface area contributed by atoms with Crippen LogP contribution >= 0.6 is 11.3 Å². The Bertz CT molecular complexity index is 1110. The van der Waals surface area contributed by atoms with E-state index in [1.165, 1.54) is 4.90 Å². The average molecular weight is 439 g/mol. The molecule has 2 atom stereocenters. The van der Waals surface area contributed by atoms with Gasteiger partial charge in [-0.1, -0.05) is 12.1 Å². The molecule has 9 heteroatoms. The Labute approximate surface area is 183 Å². The largest absolute Gasteiger partial charge is 0.325 e. The van der Waals surface area contributed by atoms with Crippen LogP contribution in [0, 0.1) is 0 Å². The Morgan fingerprint density at radius 2 is 2.03 bits per heavy atom. The maximum atomic E-state index is 13.4. The van der Waals surface area contributed by atoms with Gasteiger partial charge in [-0.25, -0.2) is 4.79 Å². The van der Waals surface area contributed by atoms with Gasteiger partial charge in [0.25, 0.3) is 5.91 Å². The van der Waals surface area contributed by atoms with E-state index in [0.29, 0.717) is 17.8 Å². The molecule has 1 spiro atoms. The summed E-state index contributed by atoms with van der Waals surface area (Å²) in [4.78, 5) is 55.4. The molecular weight excluding hydrogens is 416 g/mol. The summed E-state index contributed by atoms with van der Waals surface area (Å²) in [7, 11) is 0. The minimum atomic E-state index is -1.08. The molecule has 5 rings (SSSR count). The van der Waals surface area contributed by atoms with E-state index in [1.54, 1.807) is 42.5 Å². The molecule has 1 aromatic heterocycles. The van der Waals surface area contributed by atoms with Crippen LogP contribution in [0.4, 0.5) is 16.2 Å². The van der Waals surface area contributed by atoms with Gasteiger partial charge in [0.15, 0.2) is 0 Å². The quantitative estimate of drug-likeness (QED) is 0.704. The van der Waals surface area contributed by atoms with Crippen molar-refractivity contribution in [3.63, 3.8) is 0 Å². The van der Waals surface area contributed by atoms with Crippen LogP contribution in [0.5, 0.6) is 0 Å². The van der Waals surface area contributed by atoms with Crippen LogP contribution in [0.2, 0.25) is 0 Å². The molecule has 160 valence electrons. The zero-order valence-electron chi connectivity index (χ0n) is 17.0. The van der Waals surface area contributed by atoms with Gasteiger partial charge in [0.05, 0.1) is 11.4 Å². The zero-order valence-corrected chi connectivity index (χ0v) is 17.8. The second-order valence-corrected chi connectivity index (χ2v) is 9.22. The van der Waals surface area contributed by atoms with E-state index < -0.39 is 23.5 Å². The predicted octanol–water partition coefficient (Wildman–Crippen LogP) is 2.60. The minimum absolute atomic E-state index is 0.128. The van der Waals surface area contributed by atoms with E-state index in [9.17, 15) is 19.2 Å². The fourth-order valence-corrected chi connectivity index (χ4v) is 5.86. The molecule has 0 bridgehead atoms. The van der Waals surface area contributed by atoms with Crippen LogP contribution in [0.1, 0.15) is 36.6 Å². The van der Waals surface area contributed by atoms with Gasteiger partial charge < -0.3 is 15.5 Å². The summed E-state index contributed by atoms with van der Waals surface area (Å²) >= 11 is 1.59. The zero-order chi connectivity index (χ0) is 21.8. The van der Waals surface area contributed by atoms with Gasteiger partial charge in [-0.3, -0.25) is 19.3 Å². The number of urea groups is 1. The van der Waals surface area contributed by atoms with Gasteiger partial charge in [0.2, 0.25) is 11.8 Å². The number of anilines is 2. The van der Waals surface area contributed by atoms with Crippen molar-refractivity contribution in [2.45, 2.75) is 44.2 Å². The number of rotatable bonds is 2. The highest BCUT2D eigenvalue weighted by atomic mass is 32.1. The highest BCUT2D eigenvalue weighted by Gasteiger charge is 2.55. The number of hydrogen-bond acceptors (Lipinski definition) is 5. The maximum absolute atomic E-state index is 13.4. The van der Waals surface area contributed by atoms with Crippen LogP contribution < -0.4 is 15.5 Å². The summed E-state index contributed by atoms with van der Waals surface area (Å²) in [5.41, 5.74) is 0.866. The van der Waals surface area contributed by atoms with Crippen molar-refractivity contribution in [3.05, 3.63) is 46.2 Å². The molecule has 2 N–H and O–H groups in total. The number of carbonyl (C=O) groups excluding carboxylic acids is 4. The lowest BCUT2D eigenvalue weighted by Gasteiger charge is -2.32. The summed E-state index contributed by atoms with van der Waals surface area (Å²) in [6.45, 7) is 1.41. The number of fused-ring (bicyclic) bond motifs is 3. The summed E-state index contributed by atoms with van der Waals surface area (Å²) in [6, 6.07) is 7.97. The van der Waals surface area contributed by atoms with Gasteiger partial charge in [0.1, 0.15) is 12.1 Å². The molecule has 3 heterocycles. The Hall–Kier alpha value is -3.20. The first kappa shape index (κ1) is 19.7. The van der Waals surface area contributed by atoms with Gasteiger partial charge in [-0.05, 0) is 49.8 Å². The van der Waals surface area contributed by atoms with Crippen LogP contribution in [-0.4, -0.2) is 41.2 Å². The summed E-state index contributed by atoms with van der Waals surface area (Å²) < 4.78 is 0. The topological polar surface area (TPSA) is 98.8 Å². The van der Waals surface area contributed by atoms with E-state index in [0.717, 1.165) is 28.2 Å². The second-order valence-electron chi connectivity index (χ2n) is 8.22. The number of hydrogen-bond donors (Lipinski definition) is 2. The van der Waals surface area contributed by atoms with Gasteiger partial charge >= 0.3 is 6.03 Å². The number of imide groups is 1. The van der Waals surface area contributed by atoms with Crippen molar-refractivity contribution in [3.8, 4) is 0 Å². The number of para-hydroxylation sites is 2. The number of nitrogens with zero attached hydrogens (tertiary/aromatic N) is 2. The SMILES string of the molecule is CC1CC(=O)Nc2ccccc2N1C(=O)CN1C(=O)NC2(CCCc3sccc32)C1=O. The Morgan fingerprint density at radius 1 is 1.23 bits per heavy atom. The summed E-state index contributed by atoms with van der Waals surface area (Å²) in [5, 5.41) is 7.62. The van der Waals surface area contributed by atoms with Crippen LogP contribution in [-0.2, 0) is 26.3 Å². The molecule has 2 aliphatic heterocycles. The van der Waals surface area contributed by atoms with Crippen molar-refractivity contribution < 1.29 is 19.2 Å².